The molecule has 1 saturated heterocycles. The minimum Gasteiger partial charge on any atom is -0.269 e. The van der Waals surface area contributed by atoms with Gasteiger partial charge in [-0.25, -0.2) is 0 Å². The highest BCUT2D eigenvalue weighted by molar-refractivity contribution is 8.18. The third-order valence-corrected chi connectivity index (χ3v) is 4.25. The number of amides is 2. The van der Waals surface area contributed by atoms with E-state index in [-0.39, 0.29) is 11.1 Å². The summed E-state index contributed by atoms with van der Waals surface area (Å²) >= 11 is 2.67. The second-order valence-electron chi connectivity index (χ2n) is 3.70. The summed E-state index contributed by atoms with van der Waals surface area (Å²) in [5, 5.41) is -0.186. The predicted octanol–water partition coefficient (Wildman–Crippen LogP) is 3.46. The maximum absolute atomic E-state index is 11.9. The van der Waals surface area contributed by atoms with Crippen LogP contribution in [0.2, 0.25) is 0 Å². The fourth-order valence-corrected chi connectivity index (χ4v) is 2.94. The first-order chi connectivity index (χ1) is 8.65. The smallest absolute Gasteiger partial charge is 0.269 e. The lowest BCUT2D eigenvalue weighted by Gasteiger charge is -2.06. The highest BCUT2D eigenvalue weighted by atomic mass is 32.2. The highest BCUT2D eigenvalue weighted by Crippen LogP contribution is 2.32. The first-order valence-corrected chi connectivity index (χ1v) is 7.59. The first kappa shape index (κ1) is 13.2. The number of carbonyl (C=O) groups excluding carboxylic acids is 2. The lowest BCUT2D eigenvalue weighted by Crippen LogP contribution is -2.27. The SMILES string of the molecule is CCN1C(=O)SC(=Cc2ccc(SC)cc2)C1=O. The van der Waals surface area contributed by atoms with E-state index in [1.54, 1.807) is 24.8 Å². The number of hydrogen-bond donors (Lipinski definition) is 0. The van der Waals surface area contributed by atoms with Crippen molar-refractivity contribution in [3.8, 4) is 0 Å². The summed E-state index contributed by atoms with van der Waals surface area (Å²) in [7, 11) is 0. The van der Waals surface area contributed by atoms with Crippen LogP contribution >= 0.6 is 23.5 Å². The van der Waals surface area contributed by atoms with Crippen molar-refractivity contribution in [2.24, 2.45) is 0 Å². The van der Waals surface area contributed by atoms with Gasteiger partial charge in [0.1, 0.15) is 0 Å². The number of nitrogens with zero attached hydrogens (tertiary/aromatic N) is 1. The van der Waals surface area contributed by atoms with Crippen LogP contribution in [0, 0.1) is 0 Å². The van der Waals surface area contributed by atoms with Crippen molar-refractivity contribution in [1.82, 2.24) is 4.90 Å². The third kappa shape index (κ3) is 2.62. The molecule has 94 valence electrons. The molecule has 5 heteroatoms. The zero-order valence-electron chi connectivity index (χ0n) is 10.2. The van der Waals surface area contributed by atoms with E-state index in [4.69, 9.17) is 0 Å². The van der Waals surface area contributed by atoms with Gasteiger partial charge in [0.2, 0.25) is 0 Å². The molecular weight excluding hydrogens is 266 g/mol. The molecule has 1 aliphatic heterocycles. The van der Waals surface area contributed by atoms with Gasteiger partial charge in [0.15, 0.2) is 0 Å². The summed E-state index contributed by atoms with van der Waals surface area (Å²) < 4.78 is 0. The van der Waals surface area contributed by atoms with Crippen molar-refractivity contribution in [3.63, 3.8) is 0 Å². The zero-order chi connectivity index (χ0) is 13.1. The monoisotopic (exact) mass is 279 g/mol. The Balaban J connectivity index is 2.23. The Morgan fingerprint density at radius 3 is 2.44 bits per heavy atom. The Morgan fingerprint density at radius 2 is 1.94 bits per heavy atom. The van der Waals surface area contributed by atoms with Crippen molar-refractivity contribution in [1.29, 1.82) is 0 Å². The maximum atomic E-state index is 11.9. The number of benzene rings is 1. The van der Waals surface area contributed by atoms with Crippen LogP contribution in [0.15, 0.2) is 34.1 Å². The third-order valence-electron chi connectivity index (χ3n) is 2.60. The quantitative estimate of drug-likeness (QED) is 0.627. The minimum atomic E-state index is -0.193. The Kier molecular flexibility index (Phi) is 4.14. The fraction of sp³-hybridized carbons (Fsp3) is 0.231. The van der Waals surface area contributed by atoms with Crippen molar-refractivity contribution < 1.29 is 9.59 Å². The molecule has 2 rings (SSSR count). The van der Waals surface area contributed by atoms with E-state index >= 15 is 0 Å². The molecule has 0 aromatic heterocycles. The number of carbonyl (C=O) groups is 2. The van der Waals surface area contributed by atoms with E-state index in [2.05, 4.69) is 0 Å². The van der Waals surface area contributed by atoms with Crippen LogP contribution in [0.1, 0.15) is 12.5 Å². The fourth-order valence-electron chi connectivity index (χ4n) is 1.62. The average Bonchev–Trinajstić information content (AvgIpc) is 2.65. The molecule has 1 fully saturated rings. The number of thioether (sulfide) groups is 2. The Bertz CT molecular complexity index is 508. The summed E-state index contributed by atoms with van der Waals surface area (Å²) in [6.07, 6.45) is 3.78. The van der Waals surface area contributed by atoms with E-state index in [0.717, 1.165) is 17.3 Å². The van der Waals surface area contributed by atoms with Crippen molar-refractivity contribution in [3.05, 3.63) is 34.7 Å². The summed E-state index contributed by atoms with van der Waals surface area (Å²) in [5.74, 6) is -0.193. The van der Waals surface area contributed by atoms with Crippen LogP contribution in [0.4, 0.5) is 4.79 Å². The van der Waals surface area contributed by atoms with Crippen LogP contribution in [0.25, 0.3) is 6.08 Å². The van der Waals surface area contributed by atoms with Crippen LogP contribution < -0.4 is 0 Å². The molecule has 1 heterocycles. The molecule has 0 radical (unpaired) electrons. The number of rotatable bonds is 3. The molecule has 0 saturated carbocycles. The molecule has 1 aliphatic rings. The molecule has 0 spiro atoms. The largest absolute Gasteiger partial charge is 0.293 e. The molecular formula is C13H13NO2S2. The Labute approximate surface area is 115 Å². The van der Waals surface area contributed by atoms with E-state index in [0.29, 0.717) is 11.4 Å². The molecule has 0 N–H and O–H groups in total. The van der Waals surface area contributed by atoms with E-state index in [9.17, 15) is 9.59 Å². The molecule has 0 bridgehead atoms. The Morgan fingerprint density at radius 1 is 1.28 bits per heavy atom. The molecule has 2 amide bonds. The van der Waals surface area contributed by atoms with Crippen molar-refractivity contribution in [2.45, 2.75) is 11.8 Å². The summed E-state index contributed by atoms with van der Waals surface area (Å²) in [5.41, 5.74) is 0.939. The van der Waals surface area contributed by atoms with Crippen LogP contribution in [0.5, 0.6) is 0 Å². The number of likely N-dealkylation sites (N-methyl/N-ethyl adjacent to an activating group) is 1. The van der Waals surface area contributed by atoms with Gasteiger partial charge in [-0.15, -0.1) is 11.8 Å². The van der Waals surface area contributed by atoms with Gasteiger partial charge < -0.3 is 0 Å². The highest BCUT2D eigenvalue weighted by Gasteiger charge is 2.33. The Hall–Kier alpha value is -1.20. The molecule has 0 atom stereocenters. The predicted molar refractivity (Wildman–Crippen MR) is 76.6 cm³/mol. The van der Waals surface area contributed by atoms with Gasteiger partial charge in [-0.1, -0.05) is 12.1 Å². The number of imide groups is 1. The standard InChI is InChI=1S/C13H13NO2S2/c1-3-14-12(15)11(18-13(14)16)8-9-4-6-10(17-2)7-5-9/h4-8H,3H2,1-2H3. The maximum Gasteiger partial charge on any atom is 0.293 e. The van der Waals surface area contributed by atoms with E-state index < -0.39 is 0 Å². The molecule has 1 aromatic rings. The van der Waals surface area contributed by atoms with Crippen LogP contribution in [-0.4, -0.2) is 28.8 Å². The van der Waals surface area contributed by atoms with Gasteiger partial charge in [-0.05, 0) is 48.7 Å². The molecule has 18 heavy (non-hydrogen) atoms. The molecule has 0 unspecified atom stereocenters. The topological polar surface area (TPSA) is 37.4 Å². The van der Waals surface area contributed by atoms with Gasteiger partial charge in [0.05, 0.1) is 4.91 Å². The van der Waals surface area contributed by atoms with Gasteiger partial charge in [-0.3, -0.25) is 14.5 Å². The summed E-state index contributed by atoms with van der Waals surface area (Å²) in [4.78, 5) is 26.4. The second kappa shape index (κ2) is 5.63. The van der Waals surface area contributed by atoms with Crippen molar-refractivity contribution >= 4 is 40.7 Å². The average molecular weight is 279 g/mol. The summed E-state index contributed by atoms with van der Waals surface area (Å²) in [6.45, 7) is 2.22. The van der Waals surface area contributed by atoms with E-state index in [1.165, 1.54) is 9.80 Å². The van der Waals surface area contributed by atoms with Crippen LogP contribution in [-0.2, 0) is 4.79 Å². The van der Waals surface area contributed by atoms with Crippen molar-refractivity contribution in [2.75, 3.05) is 12.8 Å². The first-order valence-electron chi connectivity index (χ1n) is 5.55. The molecule has 3 nitrogen and oxygen atoms in total. The molecule has 1 aromatic carbocycles. The van der Waals surface area contributed by atoms with Gasteiger partial charge >= 0.3 is 0 Å². The second-order valence-corrected chi connectivity index (χ2v) is 5.57. The molecule has 0 aliphatic carbocycles. The summed E-state index contributed by atoms with van der Waals surface area (Å²) in [6, 6.07) is 7.90. The van der Waals surface area contributed by atoms with Gasteiger partial charge in [0, 0.05) is 11.4 Å². The lowest BCUT2D eigenvalue weighted by atomic mass is 10.2. The van der Waals surface area contributed by atoms with Gasteiger partial charge in [-0.2, -0.15) is 0 Å². The normalized spacial score (nSPS) is 17.9. The van der Waals surface area contributed by atoms with Gasteiger partial charge in [0.25, 0.3) is 11.1 Å². The minimum absolute atomic E-state index is 0.186. The lowest BCUT2D eigenvalue weighted by molar-refractivity contribution is -0.122. The van der Waals surface area contributed by atoms with Crippen LogP contribution in [0.3, 0.4) is 0 Å². The number of hydrogen-bond acceptors (Lipinski definition) is 4. The zero-order valence-corrected chi connectivity index (χ0v) is 11.8. The van der Waals surface area contributed by atoms with E-state index in [1.807, 2.05) is 30.5 Å².